The number of aryl methyl sites for hydroxylation is 1. The van der Waals surface area contributed by atoms with Crippen molar-refractivity contribution in [2.75, 3.05) is 0 Å². The average molecular weight is 307 g/mol. The van der Waals surface area contributed by atoms with Gasteiger partial charge >= 0.3 is 0 Å². The minimum atomic E-state index is -0.0438. The van der Waals surface area contributed by atoms with Gasteiger partial charge in [0.05, 0.1) is 0 Å². The van der Waals surface area contributed by atoms with E-state index in [0.29, 0.717) is 12.1 Å². The second-order valence-electron chi connectivity index (χ2n) is 4.28. The third kappa shape index (κ3) is 2.82. The van der Waals surface area contributed by atoms with E-state index < -0.39 is 0 Å². The van der Waals surface area contributed by atoms with Gasteiger partial charge < -0.3 is 9.88 Å². The fourth-order valence-corrected chi connectivity index (χ4v) is 2.16. The first kappa shape index (κ1) is 12.9. The molecule has 0 fully saturated rings. The standard InChI is InChI=1S/C14H15BrN2O/c1-10-12(4-3-5-13(10)15)14(18)16-8-11-6-7-17(2)9-11/h3-7,9H,8H2,1-2H3,(H,16,18). The number of hydrogen-bond acceptors (Lipinski definition) is 1. The van der Waals surface area contributed by atoms with Gasteiger partial charge in [0.1, 0.15) is 0 Å². The fraction of sp³-hybridized carbons (Fsp3) is 0.214. The first-order chi connectivity index (χ1) is 8.58. The monoisotopic (exact) mass is 306 g/mol. The van der Waals surface area contributed by atoms with Crippen molar-refractivity contribution in [2.24, 2.45) is 7.05 Å². The van der Waals surface area contributed by atoms with Crippen molar-refractivity contribution in [1.82, 2.24) is 9.88 Å². The van der Waals surface area contributed by atoms with E-state index in [1.54, 1.807) is 0 Å². The van der Waals surface area contributed by atoms with Crippen LogP contribution in [-0.2, 0) is 13.6 Å². The molecule has 1 aromatic carbocycles. The third-order valence-corrected chi connectivity index (χ3v) is 3.72. The maximum absolute atomic E-state index is 12.1. The maximum Gasteiger partial charge on any atom is 0.251 e. The molecule has 1 N–H and O–H groups in total. The van der Waals surface area contributed by atoms with Gasteiger partial charge in [0.2, 0.25) is 0 Å². The van der Waals surface area contributed by atoms with E-state index in [2.05, 4.69) is 21.2 Å². The molecule has 0 radical (unpaired) electrons. The molecule has 0 spiro atoms. The van der Waals surface area contributed by atoms with Crippen LogP contribution in [0.5, 0.6) is 0 Å². The lowest BCUT2D eigenvalue weighted by atomic mass is 10.1. The summed E-state index contributed by atoms with van der Waals surface area (Å²) >= 11 is 3.43. The van der Waals surface area contributed by atoms with Crippen LogP contribution < -0.4 is 5.32 Å². The highest BCUT2D eigenvalue weighted by atomic mass is 79.9. The van der Waals surface area contributed by atoms with Gasteiger partial charge in [-0.3, -0.25) is 4.79 Å². The Morgan fingerprint density at radius 2 is 2.17 bits per heavy atom. The highest BCUT2D eigenvalue weighted by Crippen LogP contribution is 2.19. The molecule has 0 saturated heterocycles. The van der Waals surface area contributed by atoms with Crippen LogP contribution >= 0.6 is 15.9 Å². The highest BCUT2D eigenvalue weighted by molar-refractivity contribution is 9.10. The summed E-state index contributed by atoms with van der Waals surface area (Å²) in [6.45, 7) is 2.48. The maximum atomic E-state index is 12.1. The Labute approximate surface area is 115 Å². The fourth-order valence-electron chi connectivity index (χ4n) is 1.80. The Morgan fingerprint density at radius 3 is 2.83 bits per heavy atom. The molecule has 2 aromatic rings. The predicted molar refractivity (Wildman–Crippen MR) is 75.5 cm³/mol. The summed E-state index contributed by atoms with van der Waals surface area (Å²) in [5.74, 6) is -0.0438. The third-order valence-electron chi connectivity index (χ3n) is 2.86. The number of carbonyl (C=O) groups is 1. The van der Waals surface area contributed by atoms with Crippen LogP contribution in [0.4, 0.5) is 0 Å². The number of halogens is 1. The Kier molecular flexibility index (Phi) is 3.87. The van der Waals surface area contributed by atoms with Crippen molar-refractivity contribution in [2.45, 2.75) is 13.5 Å². The summed E-state index contributed by atoms with van der Waals surface area (Å²) in [5.41, 5.74) is 2.77. The van der Waals surface area contributed by atoms with Gasteiger partial charge in [-0.1, -0.05) is 22.0 Å². The lowest BCUT2D eigenvalue weighted by Gasteiger charge is -2.08. The zero-order valence-electron chi connectivity index (χ0n) is 10.4. The van der Waals surface area contributed by atoms with Gasteiger partial charge in [-0.25, -0.2) is 0 Å². The number of rotatable bonds is 3. The van der Waals surface area contributed by atoms with Crippen LogP contribution in [0.15, 0.2) is 41.1 Å². The number of nitrogens with one attached hydrogen (secondary N) is 1. The summed E-state index contributed by atoms with van der Waals surface area (Å²) in [6, 6.07) is 7.63. The van der Waals surface area contributed by atoms with Gasteiger partial charge in [0, 0.05) is 36.0 Å². The van der Waals surface area contributed by atoms with E-state index in [-0.39, 0.29) is 5.91 Å². The molecular weight excluding hydrogens is 292 g/mol. The van der Waals surface area contributed by atoms with Crippen molar-refractivity contribution >= 4 is 21.8 Å². The molecule has 18 heavy (non-hydrogen) atoms. The summed E-state index contributed by atoms with van der Waals surface area (Å²) in [7, 11) is 1.96. The number of nitrogens with zero attached hydrogens (tertiary/aromatic N) is 1. The van der Waals surface area contributed by atoms with Crippen LogP contribution in [0.3, 0.4) is 0 Å². The topological polar surface area (TPSA) is 34.0 Å². The first-order valence-corrected chi connectivity index (χ1v) is 6.51. The molecule has 0 aliphatic rings. The normalized spacial score (nSPS) is 10.4. The van der Waals surface area contributed by atoms with E-state index in [1.807, 2.05) is 55.2 Å². The Bertz CT molecular complexity index is 575. The molecule has 94 valence electrons. The van der Waals surface area contributed by atoms with E-state index in [0.717, 1.165) is 15.6 Å². The SMILES string of the molecule is Cc1c(Br)cccc1C(=O)NCc1ccn(C)c1. The summed E-state index contributed by atoms with van der Waals surface area (Å²) < 4.78 is 2.92. The van der Waals surface area contributed by atoms with Gasteiger partial charge in [-0.05, 0) is 36.2 Å². The average Bonchev–Trinajstić information content (AvgIpc) is 2.76. The minimum Gasteiger partial charge on any atom is -0.357 e. The quantitative estimate of drug-likeness (QED) is 0.929. The lowest BCUT2D eigenvalue weighted by molar-refractivity contribution is 0.0950. The van der Waals surface area contributed by atoms with E-state index in [9.17, 15) is 4.79 Å². The van der Waals surface area contributed by atoms with E-state index in [1.165, 1.54) is 0 Å². The molecule has 1 amide bonds. The van der Waals surface area contributed by atoms with E-state index >= 15 is 0 Å². The molecule has 3 nitrogen and oxygen atoms in total. The Morgan fingerprint density at radius 1 is 1.39 bits per heavy atom. The summed E-state index contributed by atoms with van der Waals surface area (Å²) in [4.78, 5) is 12.1. The Balaban J connectivity index is 2.06. The summed E-state index contributed by atoms with van der Waals surface area (Å²) in [5, 5.41) is 2.92. The Hall–Kier alpha value is -1.55. The van der Waals surface area contributed by atoms with Gasteiger partial charge in [-0.15, -0.1) is 0 Å². The van der Waals surface area contributed by atoms with Crippen molar-refractivity contribution in [3.63, 3.8) is 0 Å². The molecule has 0 unspecified atom stereocenters. The second kappa shape index (κ2) is 5.40. The van der Waals surface area contributed by atoms with Gasteiger partial charge in [0.15, 0.2) is 0 Å². The van der Waals surface area contributed by atoms with Crippen LogP contribution in [0, 0.1) is 6.92 Å². The number of amides is 1. The number of benzene rings is 1. The van der Waals surface area contributed by atoms with Crippen molar-refractivity contribution < 1.29 is 4.79 Å². The number of aromatic nitrogens is 1. The van der Waals surface area contributed by atoms with Gasteiger partial charge in [0.25, 0.3) is 5.91 Å². The molecule has 0 atom stereocenters. The largest absolute Gasteiger partial charge is 0.357 e. The van der Waals surface area contributed by atoms with Crippen molar-refractivity contribution in [3.05, 3.63) is 57.8 Å². The van der Waals surface area contributed by atoms with Crippen LogP contribution in [0.2, 0.25) is 0 Å². The van der Waals surface area contributed by atoms with Crippen molar-refractivity contribution in [3.8, 4) is 0 Å². The molecule has 0 aliphatic heterocycles. The minimum absolute atomic E-state index is 0.0438. The lowest BCUT2D eigenvalue weighted by Crippen LogP contribution is -2.23. The van der Waals surface area contributed by atoms with Crippen LogP contribution in [-0.4, -0.2) is 10.5 Å². The smallest absolute Gasteiger partial charge is 0.251 e. The van der Waals surface area contributed by atoms with Crippen LogP contribution in [0.1, 0.15) is 21.5 Å². The number of hydrogen-bond donors (Lipinski definition) is 1. The zero-order valence-corrected chi connectivity index (χ0v) is 12.0. The molecular formula is C14H15BrN2O. The summed E-state index contributed by atoms with van der Waals surface area (Å²) in [6.07, 6.45) is 3.96. The highest BCUT2D eigenvalue weighted by Gasteiger charge is 2.10. The van der Waals surface area contributed by atoms with E-state index in [4.69, 9.17) is 0 Å². The first-order valence-electron chi connectivity index (χ1n) is 5.72. The molecule has 0 aliphatic carbocycles. The molecule has 1 heterocycles. The molecule has 4 heteroatoms. The van der Waals surface area contributed by atoms with Crippen molar-refractivity contribution in [1.29, 1.82) is 0 Å². The van der Waals surface area contributed by atoms with Gasteiger partial charge in [-0.2, -0.15) is 0 Å². The molecule has 2 rings (SSSR count). The predicted octanol–water partition coefficient (Wildman–Crippen LogP) is 3.03. The number of carbonyl (C=O) groups excluding carboxylic acids is 1. The molecule has 0 bridgehead atoms. The molecule has 0 saturated carbocycles. The van der Waals surface area contributed by atoms with Crippen LogP contribution in [0.25, 0.3) is 0 Å². The second-order valence-corrected chi connectivity index (χ2v) is 5.13. The zero-order chi connectivity index (χ0) is 13.1. The molecule has 1 aromatic heterocycles.